The zero-order chi connectivity index (χ0) is 12.6. The number of nitrogens with one attached hydrogen (secondary N) is 1. The fourth-order valence-corrected chi connectivity index (χ4v) is 2.83. The van der Waals surface area contributed by atoms with E-state index in [4.69, 9.17) is 0 Å². The maximum Gasteiger partial charge on any atom is 0.0183 e. The average Bonchev–Trinajstić information content (AvgIpc) is 2.27. The van der Waals surface area contributed by atoms with Gasteiger partial charge in [-0.1, -0.05) is 48.0 Å². The van der Waals surface area contributed by atoms with Gasteiger partial charge in [0, 0.05) is 17.0 Å². The van der Waals surface area contributed by atoms with Crippen molar-refractivity contribution in [2.24, 2.45) is 11.8 Å². The normalized spacial score (nSPS) is 17.4. The molecule has 0 fully saturated rings. The van der Waals surface area contributed by atoms with Gasteiger partial charge in [0.2, 0.25) is 0 Å². The molecule has 0 amide bonds. The molecule has 0 saturated heterocycles. The highest BCUT2D eigenvalue weighted by molar-refractivity contribution is 7.99. The van der Waals surface area contributed by atoms with Crippen molar-refractivity contribution >= 4 is 11.8 Å². The lowest BCUT2D eigenvalue weighted by molar-refractivity contribution is 0.396. The van der Waals surface area contributed by atoms with E-state index in [0.29, 0.717) is 6.04 Å². The first-order valence-corrected chi connectivity index (χ1v) is 7.92. The Kier molecular flexibility index (Phi) is 9.53. The quantitative estimate of drug-likeness (QED) is 0.654. The van der Waals surface area contributed by atoms with Crippen LogP contribution in [0.25, 0.3) is 0 Å². The maximum absolute atomic E-state index is 3.69. The van der Waals surface area contributed by atoms with Crippen LogP contribution in [0.4, 0.5) is 0 Å². The van der Waals surface area contributed by atoms with Gasteiger partial charge in [0.25, 0.3) is 0 Å². The number of thioether (sulfide) groups is 1. The molecule has 0 aromatic carbocycles. The van der Waals surface area contributed by atoms with Crippen LogP contribution in [0.1, 0.15) is 54.4 Å². The first-order valence-electron chi connectivity index (χ1n) is 6.87. The molecule has 3 unspecified atom stereocenters. The minimum absolute atomic E-state index is 0.691. The summed E-state index contributed by atoms with van der Waals surface area (Å²) >= 11 is 2.12. The lowest BCUT2D eigenvalue weighted by atomic mass is 10.0. The molecule has 0 bridgehead atoms. The van der Waals surface area contributed by atoms with Crippen LogP contribution in [0.3, 0.4) is 0 Å². The largest absolute Gasteiger partial charge is 0.313 e. The van der Waals surface area contributed by atoms with Gasteiger partial charge in [0.1, 0.15) is 0 Å². The van der Waals surface area contributed by atoms with Crippen LogP contribution in [0.2, 0.25) is 0 Å². The van der Waals surface area contributed by atoms with Crippen molar-refractivity contribution in [1.82, 2.24) is 5.32 Å². The van der Waals surface area contributed by atoms with E-state index in [1.54, 1.807) is 0 Å². The van der Waals surface area contributed by atoms with Gasteiger partial charge in [-0.15, -0.1) is 0 Å². The van der Waals surface area contributed by atoms with E-state index in [2.05, 4.69) is 58.6 Å². The molecule has 0 radical (unpaired) electrons. The Labute approximate surface area is 107 Å². The van der Waals surface area contributed by atoms with Crippen LogP contribution in [-0.4, -0.2) is 23.6 Å². The predicted molar refractivity (Wildman–Crippen MR) is 78.3 cm³/mol. The van der Waals surface area contributed by atoms with Gasteiger partial charge in [-0.3, -0.25) is 0 Å². The fraction of sp³-hybridized carbons (Fsp3) is 1.00. The molecule has 98 valence electrons. The van der Waals surface area contributed by atoms with E-state index in [-0.39, 0.29) is 0 Å². The van der Waals surface area contributed by atoms with Crippen LogP contribution in [-0.2, 0) is 0 Å². The van der Waals surface area contributed by atoms with Gasteiger partial charge in [-0.05, 0) is 24.8 Å². The third-order valence-electron chi connectivity index (χ3n) is 3.46. The number of hydrogen-bond donors (Lipinski definition) is 1. The Morgan fingerprint density at radius 3 is 2.12 bits per heavy atom. The van der Waals surface area contributed by atoms with Gasteiger partial charge in [-0.2, -0.15) is 11.8 Å². The first-order chi connectivity index (χ1) is 7.52. The minimum atomic E-state index is 0.691. The van der Waals surface area contributed by atoms with Gasteiger partial charge in [-0.25, -0.2) is 0 Å². The van der Waals surface area contributed by atoms with Crippen LogP contribution < -0.4 is 5.32 Å². The Morgan fingerprint density at radius 2 is 1.69 bits per heavy atom. The lowest BCUT2D eigenvalue weighted by Gasteiger charge is -2.26. The van der Waals surface area contributed by atoms with E-state index < -0.39 is 0 Å². The molecule has 0 saturated carbocycles. The molecule has 0 aromatic heterocycles. The molecule has 0 aromatic rings. The third-order valence-corrected chi connectivity index (χ3v) is 5.09. The molecule has 3 atom stereocenters. The van der Waals surface area contributed by atoms with Crippen molar-refractivity contribution in [3.63, 3.8) is 0 Å². The number of rotatable bonds is 9. The summed E-state index contributed by atoms with van der Waals surface area (Å²) in [5, 5.41) is 4.47. The van der Waals surface area contributed by atoms with Crippen molar-refractivity contribution in [3.05, 3.63) is 0 Å². The Morgan fingerprint density at radius 1 is 1.06 bits per heavy atom. The molecule has 2 heteroatoms. The molecule has 1 nitrogen and oxygen atoms in total. The average molecular weight is 245 g/mol. The predicted octanol–water partition coefficient (Wildman–Crippen LogP) is 4.18. The fourth-order valence-electron chi connectivity index (χ4n) is 1.49. The Hall–Kier alpha value is 0.310. The maximum atomic E-state index is 3.69. The SMILES string of the molecule is CCCNC(CSC(C)C(C)C)C(C)CC. The molecule has 16 heavy (non-hydrogen) atoms. The highest BCUT2D eigenvalue weighted by Gasteiger charge is 2.17. The zero-order valence-corrected chi connectivity index (χ0v) is 12.9. The summed E-state index contributed by atoms with van der Waals surface area (Å²) in [5.41, 5.74) is 0. The standard InChI is InChI=1S/C14H31NS/c1-7-9-15-14(12(5)8-2)10-16-13(6)11(3)4/h11-15H,7-10H2,1-6H3. The van der Waals surface area contributed by atoms with Gasteiger partial charge in [0.05, 0.1) is 0 Å². The molecule has 1 N–H and O–H groups in total. The molecule has 0 rings (SSSR count). The van der Waals surface area contributed by atoms with Crippen molar-refractivity contribution in [2.75, 3.05) is 12.3 Å². The summed E-state index contributed by atoms with van der Waals surface area (Å²) in [4.78, 5) is 0. The van der Waals surface area contributed by atoms with E-state index in [0.717, 1.165) is 23.6 Å². The Bertz CT molecular complexity index is 159. The smallest absolute Gasteiger partial charge is 0.0183 e. The highest BCUT2D eigenvalue weighted by atomic mass is 32.2. The summed E-state index contributed by atoms with van der Waals surface area (Å²) in [5.74, 6) is 2.83. The lowest BCUT2D eigenvalue weighted by Crippen LogP contribution is -2.38. The van der Waals surface area contributed by atoms with E-state index in [1.165, 1.54) is 18.6 Å². The molecule has 0 heterocycles. The summed E-state index contributed by atoms with van der Waals surface area (Å²) in [7, 11) is 0. The second-order valence-electron chi connectivity index (χ2n) is 5.23. The molecular formula is C14H31NS. The van der Waals surface area contributed by atoms with Gasteiger partial charge < -0.3 is 5.32 Å². The van der Waals surface area contributed by atoms with Crippen LogP contribution in [0.15, 0.2) is 0 Å². The van der Waals surface area contributed by atoms with Crippen molar-refractivity contribution in [3.8, 4) is 0 Å². The van der Waals surface area contributed by atoms with Gasteiger partial charge in [0.15, 0.2) is 0 Å². The van der Waals surface area contributed by atoms with Gasteiger partial charge >= 0.3 is 0 Å². The minimum Gasteiger partial charge on any atom is -0.313 e. The van der Waals surface area contributed by atoms with E-state index in [1.807, 2.05) is 0 Å². The highest BCUT2D eigenvalue weighted by Crippen LogP contribution is 2.22. The van der Waals surface area contributed by atoms with Crippen molar-refractivity contribution < 1.29 is 0 Å². The second kappa shape index (κ2) is 9.35. The molecule has 0 aliphatic carbocycles. The van der Waals surface area contributed by atoms with E-state index in [9.17, 15) is 0 Å². The van der Waals surface area contributed by atoms with Crippen molar-refractivity contribution in [1.29, 1.82) is 0 Å². The molecular weight excluding hydrogens is 214 g/mol. The second-order valence-corrected chi connectivity index (χ2v) is 6.64. The summed E-state index contributed by atoms with van der Waals surface area (Å²) < 4.78 is 0. The zero-order valence-electron chi connectivity index (χ0n) is 12.0. The monoisotopic (exact) mass is 245 g/mol. The van der Waals surface area contributed by atoms with Crippen LogP contribution >= 0.6 is 11.8 Å². The topological polar surface area (TPSA) is 12.0 Å². The first kappa shape index (κ1) is 16.3. The van der Waals surface area contributed by atoms with Crippen LogP contribution in [0, 0.1) is 11.8 Å². The molecule has 0 aliphatic heterocycles. The summed E-state index contributed by atoms with van der Waals surface area (Å²) in [6, 6.07) is 0.691. The summed E-state index contributed by atoms with van der Waals surface area (Å²) in [6.07, 6.45) is 2.51. The van der Waals surface area contributed by atoms with E-state index >= 15 is 0 Å². The molecule has 0 aliphatic rings. The Balaban J connectivity index is 4.00. The van der Waals surface area contributed by atoms with Crippen LogP contribution in [0.5, 0.6) is 0 Å². The molecule has 0 spiro atoms. The third kappa shape index (κ3) is 6.80. The van der Waals surface area contributed by atoms with Crippen molar-refractivity contribution in [2.45, 2.75) is 65.7 Å². The summed E-state index contributed by atoms with van der Waals surface area (Å²) in [6.45, 7) is 15.0. The number of hydrogen-bond acceptors (Lipinski definition) is 2.